The number of aromatic carboxylic acids is 1. The lowest BCUT2D eigenvalue weighted by atomic mass is 9.97. The van der Waals surface area contributed by atoms with Gasteiger partial charge >= 0.3 is 5.97 Å². The minimum Gasteiger partial charge on any atom is -0.478 e. The zero-order valence-corrected chi connectivity index (χ0v) is 11.2. The van der Waals surface area contributed by atoms with Crippen LogP contribution in [0.3, 0.4) is 0 Å². The van der Waals surface area contributed by atoms with Crippen LogP contribution in [-0.2, 0) is 0 Å². The summed E-state index contributed by atoms with van der Waals surface area (Å²) >= 11 is 1.31. The lowest BCUT2D eigenvalue weighted by Crippen LogP contribution is -2.08. The topological polar surface area (TPSA) is 54.4 Å². The summed E-state index contributed by atoms with van der Waals surface area (Å²) in [4.78, 5) is 24.4. The number of hydrogen-bond acceptors (Lipinski definition) is 3. The number of carboxylic acids is 1. The molecule has 3 rings (SSSR count). The van der Waals surface area contributed by atoms with E-state index in [0.717, 1.165) is 10.8 Å². The van der Waals surface area contributed by atoms with Gasteiger partial charge < -0.3 is 5.11 Å². The largest absolute Gasteiger partial charge is 0.478 e. The Bertz CT molecular complexity index is 804. The molecule has 0 aliphatic rings. The normalized spacial score (nSPS) is 10.6. The summed E-state index contributed by atoms with van der Waals surface area (Å²) in [7, 11) is 0. The molecule has 1 heterocycles. The van der Waals surface area contributed by atoms with Crippen molar-refractivity contribution in [2.24, 2.45) is 0 Å². The number of thiophene rings is 1. The Balaban J connectivity index is 2.25. The Kier molecular flexibility index (Phi) is 3.08. The highest BCUT2D eigenvalue weighted by molar-refractivity contribution is 7.12. The molecule has 1 aromatic heterocycles. The molecule has 3 aromatic rings. The maximum Gasteiger partial charge on any atom is 0.336 e. The summed E-state index contributed by atoms with van der Waals surface area (Å²) < 4.78 is 0. The van der Waals surface area contributed by atoms with Crippen LogP contribution in [0, 0.1) is 0 Å². The van der Waals surface area contributed by atoms with E-state index in [9.17, 15) is 14.7 Å². The standard InChI is InChI=1S/C16H10O3S/c17-15(14-6-3-7-20-14)12-8-10-4-1-2-5-11(10)9-13(12)16(18)19/h1-9H,(H,18,19). The first-order valence-electron chi connectivity index (χ1n) is 6.01. The molecule has 0 unspecified atom stereocenters. The van der Waals surface area contributed by atoms with E-state index >= 15 is 0 Å². The van der Waals surface area contributed by atoms with Crippen LogP contribution < -0.4 is 0 Å². The lowest BCUT2D eigenvalue weighted by Gasteiger charge is -2.07. The van der Waals surface area contributed by atoms with Gasteiger partial charge in [0.05, 0.1) is 10.4 Å². The fourth-order valence-electron chi connectivity index (χ4n) is 2.15. The lowest BCUT2D eigenvalue weighted by molar-refractivity contribution is 0.0693. The Morgan fingerprint density at radius 3 is 2.10 bits per heavy atom. The second-order valence-corrected chi connectivity index (χ2v) is 5.30. The van der Waals surface area contributed by atoms with Gasteiger partial charge in [-0.25, -0.2) is 4.79 Å². The van der Waals surface area contributed by atoms with E-state index < -0.39 is 5.97 Å². The first kappa shape index (κ1) is 12.6. The van der Waals surface area contributed by atoms with Crippen molar-refractivity contribution in [3.8, 4) is 0 Å². The van der Waals surface area contributed by atoms with Crippen molar-refractivity contribution in [3.05, 3.63) is 69.9 Å². The first-order chi connectivity index (χ1) is 9.66. The number of ketones is 1. The van der Waals surface area contributed by atoms with Gasteiger partial charge in [0.25, 0.3) is 0 Å². The molecule has 1 N–H and O–H groups in total. The minimum absolute atomic E-state index is 0.0436. The summed E-state index contributed by atoms with van der Waals surface area (Å²) in [6, 6.07) is 14.1. The van der Waals surface area contributed by atoms with Crippen LogP contribution in [0.5, 0.6) is 0 Å². The molecular weight excluding hydrogens is 272 g/mol. The molecule has 0 aliphatic carbocycles. The number of hydrogen-bond donors (Lipinski definition) is 1. The Hall–Kier alpha value is -2.46. The smallest absolute Gasteiger partial charge is 0.336 e. The fourth-order valence-corrected chi connectivity index (χ4v) is 2.82. The third-order valence-electron chi connectivity index (χ3n) is 3.11. The molecule has 2 aromatic carbocycles. The first-order valence-corrected chi connectivity index (χ1v) is 6.89. The van der Waals surface area contributed by atoms with Gasteiger partial charge in [0.15, 0.2) is 0 Å². The molecule has 0 atom stereocenters. The molecule has 0 radical (unpaired) electrons. The van der Waals surface area contributed by atoms with Crippen LogP contribution in [0.2, 0.25) is 0 Å². The van der Waals surface area contributed by atoms with Crippen molar-refractivity contribution in [1.29, 1.82) is 0 Å². The second kappa shape index (κ2) is 4.90. The molecule has 0 saturated heterocycles. The van der Waals surface area contributed by atoms with Gasteiger partial charge in [-0.3, -0.25) is 4.79 Å². The third kappa shape index (κ3) is 2.10. The van der Waals surface area contributed by atoms with Crippen LogP contribution in [-0.4, -0.2) is 16.9 Å². The van der Waals surface area contributed by atoms with Gasteiger partial charge in [0.1, 0.15) is 0 Å². The number of carboxylic acid groups (broad SMARTS) is 1. The number of carbonyl (C=O) groups excluding carboxylic acids is 1. The molecule has 0 amide bonds. The molecular formula is C16H10O3S. The summed E-state index contributed by atoms with van der Waals surface area (Å²) in [5.41, 5.74) is 0.278. The van der Waals surface area contributed by atoms with Crippen molar-refractivity contribution in [2.75, 3.05) is 0 Å². The van der Waals surface area contributed by atoms with E-state index in [1.54, 1.807) is 29.6 Å². The van der Waals surface area contributed by atoms with Crippen molar-refractivity contribution in [1.82, 2.24) is 0 Å². The molecule has 3 nitrogen and oxygen atoms in total. The second-order valence-electron chi connectivity index (χ2n) is 4.36. The zero-order valence-electron chi connectivity index (χ0n) is 10.4. The highest BCUT2D eigenvalue weighted by Gasteiger charge is 2.19. The molecule has 0 bridgehead atoms. The number of benzene rings is 2. The molecule has 4 heteroatoms. The van der Waals surface area contributed by atoms with Crippen molar-refractivity contribution in [3.63, 3.8) is 0 Å². The van der Waals surface area contributed by atoms with E-state index in [2.05, 4.69) is 0 Å². The maximum absolute atomic E-state index is 12.4. The van der Waals surface area contributed by atoms with Crippen LogP contribution in [0.4, 0.5) is 0 Å². The van der Waals surface area contributed by atoms with Crippen molar-refractivity contribution < 1.29 is 14.7 Å². The van der Waals surface area contributed by atoms with Gasteiger partial charge in [0, 0.05) is 5.56 Å². The zero-order chi connectivity index (χ0) is 14.1. The Morgan fingerprint density at radius 2 is 1.55 bits per heavy atom. The van der Waals surface area contributed by atoms with Gasteiger partial charge in [-0.1, -0.05) is 30.3 Å². The van der Waals surface area contributed by atoms with Crippen LogP contribution in [0.15, 0.2) is 53.9 Å². The van der Waals surface area contributed by atoms with Crippen LogP contribution >= 0.6 is 11.3 Å². The minimum atomic E-state index is -1.09. The van der Waals surface area contributed by atoms with Crippen LogP contribution in [0.25, 0.3) is 10.8 Å². The van der Waals surface area contributed by atoms with Gasteiger partial charge in [-0.2, -0.15) is 0 Å². The predicted octanol–water partition coefficient (Wildman–Crippen LogP) is 3.83. The third-order valence-corrected chi connectivity index (χ3v) is 3.97. The predicted molar refractivity (Wildman–Crippen MR) is 78.7 cm³/mol. The molecule has 0 spiro atoms. The van der Waals surface area contributed by atoms with Gasteiger partial charge in [-0.05, 0) is 34.4 Å². The summed E-state index contributed by atoms with van der Waals surface area (Å²) in [5.74, 6) is -1.33. The quantitative estimate of drug-likeness (QED) is 0.743. The number of carbonyl (C=O) groups is 2. The highest BCUT2D eigenvalue weighted by Crippen LogP contribution is 2.24. The Morgan fingerprint density at radius 1 is 0.900 bits per heavy atom. The number of rotatable bonds is 3. The van der Waals surface area contributed by atoms with Crippen molar-refractivity contribution in [2.45, 2.75) is 0 Å². The summed E-state index contributed by atoms with van der Waals surface area (Å²) in [6.45, 7) is 0. The van der Waals surface area contributed by atoms with Gasteiger partial charge in [-0.15, -0.1) is 11.3 Å². The van der Waals surface area contributed by atoms with E-state index in [1.807, 2.05) is 24.3 Å². The highest BCUT2D eigenvalue weighted by atomic mass is 32.1. The molecule has 0 aliphatic heterocycles. The molecule has 0 saturated carbocycles. The fraction of sp³-hybridized carbons (Fsp3) is 0. The van der Waals surface area contributed by atoms with E-state index in [4.69, 9.17) is 0 Å². The molecule has 0 fully saturated rings. The monoisotopic (exact) mass is 282 g/mol. The molecule has 20 heavy (non-hydrogen) atoms. The van der Waals surface area contributed by atoms with E-state index in [-0.39, 0.29) is 16.9 Å². The molecule has 98 valence electrons. The van der Waals surface area contributed by atoms with E-state index in [0.29, 0.717) is 4.88 Å². The van der Waals surface area contributed by atoms with Crippen LogP contribution in [0.1, 0.15) is 25.6 Å². The van der Waals surface area contributed by atoms with E-state index in [1.165, 1.54) is 11.3 Å². The maximum atomic E-state index is 12.4. The summed E-state index contributed by atoms with van der Waals surface area (Å²) in [6.07, 6.45) is 0. The average molecular weight is 282 g/mol. The SMILES string of the molecule is O=C(O)c1cc2ccccc2cc1C(=O)c1cccs1. The van der Waals surface area contributed by atoms with Gasteiger partial charge in [0.2, 0.25) is 5.78 Å². The summed E-state index contributed by atoms with van der Waals surface area (Å²) in [5, 5.41) is 12.8. The Labute approximate surface area is 119 Å². The van der Waals surface area contributed by atoms with Crippen molar-refractivity contribution >= 4 is 33.9 Å². The number of fused-ring (bicyclic) bond motifs is 1. The average Bonchev–Trinajstić information content (AvgIpc) is 2.99.